The van der Waals surface area contributed by atoms with Crippen LogP contribution >= 0.6 is 0 Å². The van der Waals surface area contributed by atoms with E-state index in [1.807, 2.05) is 0 Å². The number of hydrogen-bond donors (Lipinski definition) is 2. The van der Waals surface area contributed by atoms with Gasteiger partial charge in [-0.05, 0) is 48.9 Å². The highest BCUT2D eigenvalue weighted by molar-refractivity contribution is 5.20. The molecule has 1 aliphatic carbocycles. The third-order valence-electron chi connectivity index (χ3n) is 3.38. The Kier molecular flexibility index (Phi) is 3.51. The summed E-state index contributed by atoms with van der Waals surface area (Å²) in [4.78, 5) is 0. The molecule has 2 nitrogen and oxygen atoms in total. The van der Waals surface area contributed by atoms with Crippen molar-refractivity contribution in [1.29, 1.82) is 0 Å². The molecule has 88 valence electrons. The van der Waals surface area contributed by atoms with E-state index >= 15 is 0 Å². The quantitative estimate of drug-likeness (QED) is 0.609. The van der Waals surface area contributed by atoms with Crippen LogP contribution in [0.2, 0.25) is 0 Å². The first-order chi connectivity index (χ1) is 7.70. The van der Waals surface area contributed by atoms with E-state index in [4.69, 9.17) is 5.84 Å². The average Bonchev–Trinajstić information content (AvgIpc) is 2.19. The van der Waals surface area contributed by atoms with E-state index in [-0.39, 0.29) is 11.9 Å². The van der Waals surface area contributed by atoms with Gasteiger partial charge in [0.05, 0.1) is 0 Å². The van der Waals surface area contributed by atoms with Crippen molar-refractivity contribution in [3.63, 3.8) is 0 Å². The summed E-state index contributed by atoms with van der Waals surface area (Å²) in [6.07, 6.45) is 3.89. The highest BCUT2D eigenvalue weighted by Gasteiger charge is 2.27. The van der Waals surface area contributed by atoms with Crippen LogP contribution < -0.4 is 11.3 Å². The second-order valence-corrected chi connectivity index (χ2v) is 4.40. The van der Waals surface area contributed by atoms with Crippen molar-refractivity contribution in [2.75, 3.05) is 0 Å². The lowest BCUT2D eigenvalue weighted by Gasteiger charge is -2.33. The minimum Gasteiger partial charge on any atom is -0.271 e. The van der Waals surface area contributed by atoms with Gasteiger partial charge in [0.15, 0.2) is 0 Å². The monoisotopic (exact) mass is 226 g/mol. The van der Waals surface area contributed by atoms with Crippen LogP contribution in [0, 0.1) is 17.6 Å². The molecule has 1 unspecified atom stereocenters. The molecule has 4 heteroatoms. The molecule has 1 aliphatic rings. The Morgan fingerprint density at radius 2 is 2.12 bits per heavy atom. The number of hydrazine groups is 1. The molecule has 2 rings (SSSR count). The van der Waals surface area contributed by atoms with Gasteiger partial charge in [-0.1, -0.05) is 6.42 Å². The molecule has 0 aromatic heterocycles. The van der Waals surface area contributed by atoms with Crippen molar-refractivity contribution < 1.29 is 8.78 Å². The molecule has 0 heterocycles. The third kappa shape index (κ3) is 2.39. The first kappa shape index (κ1) is 11.5. The van der Waals surface area contributed by atoms with Crippen LogP contribution in [0.25, 0.3) is 0 Å². The Morgan fingerprint density at radius 3 is 2.69 bits per heavy atom. The van der Waals surface area contributed by atoms with Crippen molar-refractivity contribution in [3.05, 3.63) is 35.4 Å². The fourth-order valence-corrected chi connectivity index (χ4v) is 2.14. The summed E-state index contributed by atoms with van der Waals surface area (Å²) in [5.74, 6) is 5.18. The van der Waals surface area contributed by atoms with E-state index in [1.165, 1.54) is 18.6 Å². The summed E-state index contributed by atoms with van der Waals surface area (Å²) in [6.45, 7) is 0. The van der Waals surface area contributed by atoms with E-state index < -0.39 is 5.82 Å². The second kappa shape index (κ2) is 4.89. The van der Waals surface area contributed by atoms with Gasteiger partial charge in [0.25, 0.3) is 0 Å². The zero-order chi connectivity index (χ0) is 11.5. The highest BCUT2D eigenvalue weighted by Crippen LogP contribution is 2.31. The lowest BCUT2D eigenvalue weighted by Crippen LogP contribution is -2.45. The van der Waals surface area contributed by atoms with Crippen molar-refractivity contribution in [1.82, 2.24) is 5.43 Å². The molecular formula is C12H16F2N2. The van der Waals surface area contributed by atoms with Gasteiger partial charge in [-0.25, -0.2) is 8.78 Å². The molecule has 0 spiro atoms. The van der Waals surface area contributed by atoms with Crippen molar-refractivity contribution in [2.24, 2.45) is 11.8 Å². The third-order valence-corrected chi connectivity index (χ3v) is 3.38. The Bertz CT molecular complexity index is 364. The number of benzene rings is 1. The van der Waals surface area contributed by atoms with Crippen LogP contribution in [-0.4, -0.2) is 6.04 Å². The van der Waals surface area contributed by atoms with Gasteiger partial charge in [-0.15, -0.1) is 0 Å². The molecule has 0 aliphatic heterocycles. The molecule has 1 fully saturated rings. The van der Waals surface area contributed by atoms with Gasteiger partial charge in [0, 0.05) is 6.04 Å². The molecule has 16 heavy (non-hydrogen) atoms. The Hall–Kier alpha value is -1.00. The molecule has 1 atom stereocenters. The molecule has 0 saturated heterocycles. The van der Waals surface area contributed by atoms with E-state index in [1.54, 1.807) is 0 Å². The van der Waals surface area contributed by atoms with Gasteiger partial charge in [0.2, 0.25) is 0 Å². The first-order valence-electron chi connectivity index (χ1n) is 5.60. The smallest absolute Gasteiger partial charge is 0.126 e. The predicted molar refractivity (Wildman–Crippen MR) is 58.5 cm³/mol. The van der Waals surface area contributed by atoms with Gasteiger partial charge >= 0.3 is 0 Å². The molecule has 0 amide bonds. The van der Waals surface area contributed by atoms with Crippen molar-refractivity contribution in [2.45, 2.75) is 31.7 Å². The summed E-state index contributed by atoms with van der Waals surface area (Å²) in [5, 5.41) is 0. The van der Waals surface area contributed by atoms with Crippen LogP contribution in [0.5, 0.6) is 0 Å². The van der Waals surface area contributed by atoms with E-state index in [0.29, 0.717) is 17.9 Å². The van der Waals surface area contributed by atoms with Gasteiger partial charge in [0.1, 0.15) is 11.6 Å². The van der Waals surface area contributed by atoms with E-state index in [0.717, 1.165) is 18.9 Å². The van der Waals surface area contributed by atoms with Gasteiger partial charge in [-0.2, -0.15) is 0 Å². The van der Waals surface area contributed by atoms with Crippen molar-refractivity contribution >= 4 is 0 Å². The standard InChI is InChI=1S/C12H16F2N2/c13-10-4-5-11(14)9(6-10)7-12(16-15)8-2-1-3-8/h4-6,8,12,16H,1-3,7,15H2. The van der Waals surface area contributed by atoms with Gasteiger partial charge in [-0.3, -0.25) is 11.3 Å². The fourth-order valence-electron chi connectivity index (χ4n) is 2.14. The van der Waals surface area contributed by atoms with E-state index in [9.17, 15) is 8.78 Å². The van der Waals surface area contributed by atoms with Crippen LogP contribution in [0.4, 0.5) is 8.78 Å². The number of halogens is 2. The topological polar surface area (TPSA) is 38.0 Å². The number of nitrogens with one attached hydrogen (secondary N) is 1. The zero-order valence-corrected chi connectivity index (χ0v) is 9.05. The zero-order valence-electron chi connectivity index (χ0n) is 9.05. The minimum atomic E-state index is -0.402. The largest absolute Gasteiger partial charge is 0.271 e. The molecular weight excluding hydrogens is 210 g/mol. The van der Waals surface area contributed by atoms with Crippen LogP contribution in [0.15, 0.2) is 18.2 Å². The number of rotatable bonds is 4. The minimum absolute atomic E-state index is 0.0463. The lowest BCUT2D eigenvalue weighted by molar-refractivity contribution is 0.227. The number of hydrogen-bond acceptors (Lipinski definition) is 2. The molecule has 0 bridgehead atoms. The summed E-state index contributed by atoms with van der Waals surface area (Å²) in [6, 6.07) is 3.59. The fraction of sp³-hybridized carbons (Fsp3) is 0.500. The normalized spacial score (nSPS) is 18.2. The van der Waals surface area contributed by atoms with Crippen LogP contribution in [-0.2, 0) is 6.42 Å². The second-order valence-electron chi connectivity index (χ2n) is 4.40. The predicted octanol–water partition coefficient (Wildman–Crippen LogP) is 2.14. The lowest BCUT2D eigenvalue weighted by atomic mass is 9.78. The summed E-state index contributed by atoms with van der Waals surface area (Å²) < 4.78 is 26.4. The first-order valence-corrected chi connectivity index (χ1v) is 5.60. The summed E-state index contributed by atoms with van der Waals surface area (Å²) >= 11 is 0. The maximum atomic E-state index is 13.4. The number of nitrogens with two attached hydrogens (primary N) is 1. The maximum absolute atomic E-state index is 13.4. The average molecular weight is 226 g/mol. The van der Waals surface area contributed by atoms with Crippen LogP contribution in [0.1, 0.15) is 24.8 Å². The summed E-state index contributed by atoms with van der Waals surface area (Å²) in [7, 11) is 0. The Morgan fingerprint density at radius 1 is 1.38 bits per heavy atom. The Balaban J connectivity index is 2.08. The van der Waals surface area contributed by atoms with Crippen molar-refractivity contribution in [3.8, 4) is 0 Å². The molecule has 1 aromatic carbocycles. The summed E-state index contributed by atoms with van der Waals surface area (Å²) in [5.41, 5.74) is 3.11. The highest BCUT2D eigenvalue weighted by atomic mass is 19.1. The van der Waals surface area contributed by atoms with Crippen LogP contribution in [0.3, 0.4) is 0 Å². The molecule has 3 N–H and O–H groups in total. The Labute approximate surface area is 93.8 Å². The molecule has 1 aromatic rings. The SMILES string of the molecule is NNC(Cc1cc(F)ccc1F)C1CCC1. The molecule has 1 saturated carbocycles. The van der Waals surface area contributed by atoms with Gasteiger partial charge < -0.3 is 0 Å². The van der Waals surface area contributed by atoms with E-state index in [2.05, 4.69) is 5.43 Å². The molecule has 0 radical (unpaired) electrons. The maximum Gasteiger partial charge on any atom is 0.126 e.